The second-order valence-corrected chi connectivity index (χ2v) is 6.37. The fourth-order valence-corrected chi connectivity index (χ4v) is 3.40. The maximum absolute atomic E-state index is 10.1. The molecule has 0 fully saturated rings. The third-order valence-corrected chi connectivity index (χ3v) is 4.59. The number of aromatic nitrogens is 1. The van der Waals surface area contributed by atoms with Crippen LogP contribution < -0.4 is 0 Å². The molecule has 4 heteroatoms. The average Bonchev–Trinajstić information content (AvgIpc) is 2.96. The Morgan fingerprint density at radius 1 is 1.33 bits per heavy atom. The smallest absolute Gasteiger partial charge is 0.123 e. The van der Waals surface area contributed by atoms with Crippen molar-refractivity contribution in [2.45, 2.75) is 31.8 Å². The third-order valence-electron chi connectivity index (χ3n) is 3.37. The highest BCUT2D eigenvalue weighted by molar-refractivity contribution is 7.15. The van der Waals surface area contributed by atoms with E-state index in [0.29, 0.717) is 15.8 Å². The highest BCUT2D eigenvalue weighted by atomic mass is 35.5. The van der Waals surface area contributed by atoms with E-state index in [1.165, 1.54) is 47.3 Å². The number of rotatable bonds is 3. The van der Waals surface area contributed by atoms with Gasteiger partial charge in [0, 0.05) is 6.42 Å². The molecule has 0 amide bonds. The van der Waals surface area contributed by atoms with Crippen LogP contribution in [0.3, 0.4) is 0 Å². The zero-order valence-corrected chi connectivity index (χ0v) is 11.5. The molecule has 1 aliphatic carbocycles. The molecular weight excluding hydrogens is 266 g/mol. The molecule has 0 saturated carbocycles. The van der Waals surface area contributed by atoms with Crippen molar-refractivity contribution in [2.75, 3.05) is 0 Å². The molecule has 18 heavy (non-hydrogen) atoms. The molecule has 1 aliphatic rings. The van der Waals surface area contributed by atoms with Gasteiger partial charge in [0.1, 0.15) is 15.4 Å². The maximum atomic E-state index is 10.1. The predicted octanol–water partition coefficient (Wildman–Crippen LogP) is 3.56. The van der Waals surface area contributed by atoms with Crippen LogP contribution in [0, 0.1) is 0 Å². The first-order valence-corrected chi connectivity index (χ1v) is 7.32. The number of aryl methyl sites for hydroxylation is 2. The van der Waals surface area contributed by atoms with Crippen LogP contribution in [0.25, 0.3) is 0 Å². The lowest BCUT2D eigenvalue weighted by Gasteiger charge is -2.09. The predicted molar refractivity (Wildman–Crippen MR) is 74.3 cm³/mol. The van der Waals surface area contributed by atoms with Crippen LogP contribution in [0.2, 0.25) is 4.34 Å². The minimum atomic E-state index is -0.554. The molecule has 94 valence electrons. The van der Waals surface area contributed by atoms with Crippen LogP contribution in [0.5, 0.6) is 0 Å². The number of thiazole rings is 1. The fourth-order valence-electron chi connectivity index (χ4n) is 2.48. The number of halogens is 1. The summed E-state index contributed by atoms with van der Waals surface area (Å²) < 4.78 is 0.623. The molecule has 0 bridgehead atoms. The summed E-state index contributed by atoms with van der Waals surface area (Å²) in [6.07, 6.45) is 5.26. The van der Waals surface area contributed by atoms with Gasteiger partial charge in [-0.25, -0.2) is 4.98 Å². The molecule has 1 aromatic heterocycles. The molecule has 0 radical (unpaired) electrons. The number of fused-ring (bicyclic) bond motifs is 1. The summed E-state index contributed by atoms with van der Waals surface area (Å²) in [4.78, 5) is 4.12. The summed E-state index contributed by atoms with van der Waals surface area (Å²) >= 11 is 7.17. The Morgan fingerprint density at radius 3 is 2.94 bits per heavy atom. The van der Waals surface area contributed by atoms with Crippen molar-refractivity contribution in [2.24, 2.45) is 0 Å². The van der Waals surface area contributed by atoms with Crippen LogP contribution >= 0.6 is 22.9 Å². The lowest BCUT2D eigenvalue weighted by molar-refractivity contribution is 0.178. The normalized spacial score (nSPS) is 15.7. The molecule has 1 heterocycles. The van der Waals surface area contributed by atoms with Crippen molar-refractivity contribution >= 4 is 22.9 Å². The van der Waals surface area contributed by atoms with E-state index in [1.807, 2.05) is 0 Å². The van der Waals surface area contributed by atoms with E-state index in [0.717, 1.165) is 0 Å². The van der Waals surface area contributed by atoms with Crippen LogP contribution in [0.4, 0.5) is 0 Å². The maximum Gasteiger partial charge on any atom is 0.123 e. The molecule has 1 aromatic carbocycles. The summed E-state index contributed by atoms with van der Waals surface area (Å²) in [5.74, 6) is 0. The van der Waals surface area contributed by atoms with Gasteiger partial charge in [-0.1, -0.05) is 29.8 Å². The zero-order chi connectivity index (χ0) is 12.5. The Bertz CT molecular complexity index is 567. The number of aliphatic hydroxyl groups excluding tert-OH is 1. The van der Waals surface area contributed by atoms with Crippen molar-refractivity contribution in [1.29, 1.82) is 0 Å². The van der Waals surface area contributed by atoms with Gasteiger partial charge in [0.05, 0.1) is 6.20 Å². The highest BCUT2D eigenvalue weighted by Crippen LogP contribution is 2.28. The third kappa shape index (κ3) is 2.44. The largest absolute Gasteiger partial charge is 0.386 e. The van der Waals surface area contributed by atoms with Crippen LogP contribution in [-0.4, -0.2) is 10.1 Å². The standard InChI is InChI=1S/C14H14ClNOS/c15-13-8-16-14(18-13)12(17)7-9-4-5-10-2-1-3-11(10)6-9/h4-6,8,12,17H,1-3,7H2. The van der Waals surface area contributed by atoms with Gasteiger partial charge in [-0.05, 0) is 36.0 Å². The number of hydrogen-bond donors (Lipinski definition) is 1. The second-order valence-electron chi connectivity index (χ2n) is 4.68. The summed E-state index contributed by atoms with van der Waals surface area (Å²) in [5, 5.41) is 10.8. The van der Waals surface area contributed by atoms with Gasteiger partial charge in [-0.2, -0.15) is 0 Å². The van der Waals surface area contributed by atoms with Crippen molar-refractivity contribution in [3.05, 3.63) is 50.4 Å². The lowest BCUT2D eigenvalue weighted by atomic mass is 10.0. The molecule has 1 N–H and O–H groups in total. The minimum absolute atomic E-state index is 0.554. The molecule has 0 aliphatic heterocycles. The Kier molecular flexibility index (Phi) is 3.37. The quantitative estimate of drug-likeness (QED) is 0.932. The molecule has 0 spiro atoms. The van der Waals surface area contributed by atoms with Crippen molar-refractivity contribution in [3.8, 4) is 0 Å². The van der Waals surface area contributed by atoms with Gasteiger partial charge in [-0.3, -0.25) is 0 Å². The number of aliphatic hydroxyl groups is 1. The van der Waals surface area contributed by atoms with Gasteiger partial charge in [-0.15, -0.1) is 11.3 Å². The Balaban J connectivity index is 1.76. The summed E-state index contributed by atoms with van der Waals surface area (Å²) in [7, 11) is 0. The number of benzene rings is 1. The van der Waals surface area contributed by atoms with Gasteiger partial charge in [0.2, 0.25) is 0 Å². The summed E-state index contributed by atoms with van der Waals surface area (Å²) in [6, 6.07) is 6.53. The first-order chi connectivity index (χ1) is 8.72. The van der Waals surface area contributed by atoms with Crippen molar-refractivity contribution in [3.63, 3.8) is 0 Å². The van der Waals surface area contributed by atoms with E-state index in [-0.39, 0.29) is 0 Å². The molecule has 2 nitrogen and oxygen atoms in total. The average molecular weight is 280 g/mol. The monoisotopic (exact) mass is 279 g/mol. The van der Waals surface area contributed by atoms with Gasteiger partial charge in [0.25, 0.3) is 0 Å². The summed E-state index contributed by atoms with van der Waals surface area (Å²) in [6.45, 7) is 0. The van der Waals surface area contributed by atoms with Crippen molar-refractivity contribution in [1.82, 2.24) is 4.98 Å². The van der Waals surface area contributed by atoms with Crippen LogP contribution in [0.15, 0.2) is 24.4 Å². The van der Waals surface area contributed by atoms with Crippen LogP contribution in [-0.2, 0) is 19.3 Å². The SMILES string of the molecule is OC(Cc1ccc2c(c1)CCC2)c1ncc(Cl)s1. The number of hydrogen-bond acceptors (Lipinski definition) is 3. The molecule has 1 unspecified atom stereocenters. The van der Waals surface area contributed by atoms with E-state index in [1.54, 1.807) is 6.20 Å². The molecule has 0 saturated heterocycles. The Labute approximate surface area is 115 Å². The van der Waals surface area contributed by atoms with Gasteiger partial charge >= 0.3 is 0 Å². The highest BCUT2D eigenvalue weighted by Gasteiger charge is 2.15. The summed E-state index contributed by atoms with van der Waals surface area (Å²) in [5.41, 5.74) is 4.08. The van der Waals surface area contributed by atoms with E-state index in [2.05, 4.69) is 23.2 Å². The Morgan fingerprint density at radius 2 is 2.17 bits per heavy atom. The topological polar surface area (TPSA) is 33.1 Å². The van der Waals surface area contributed by atoms with Crippen molar-refractivity contribution < 1.29 is 5.11 Å². The lowest BCUT2D eigenvalue weighted by Crippen LogP contribution is -2.01. The molecule has 3 rings (SSSR count). The van der Waals surface area contributed by atoms with E-state index < -0.39 is 6.10 Å². The minimum Gasteiger partial charge on any atom is -0.386 e. The van der Waals surface area contributed by atoms with Gasteiger partial charge < -0.3 is 5.11 Å². The van der Waals surface area contributed by atoms with Crippen LogP contribution in [0.1, 0.15) is 34.2 Å². The first-order valence-electron chi connectivity index (χ1n) is 6.12. The second kappa shape index (κ2) is 5.00. The molecular formula is C14H14ClNOS. The number of nitrogens with zero attached hydrogens (tertiary/aromatic N) is 1. The zero-order valence-electron chi connectivity index (χ0n) is 9.90. The van der Waals surface area contributed by atoms with Gasteiger partial charge in [0.15, 0.2) is 0 Å². The first kappa shape index (κ1) is 12.2. The van der Waals surface area contributed by atoms with E-state index >= 15 is 0 Å². The molecule has 1 atom stereocenters. The fraction of sp³-hybridized carbons (Fsp3) is 0.357. The molecule has 2 aromatic rings. The van der Waals surface area contributed by atoms with E-state index in [4.69, 9.17) is 11.6 Å². The Hall–Kier alpha value is -0.900. The van der Waals surface area contributed by atoms with E-state index in [9.17, 15) is 5.11 Å².